The molecule has 1 heterocycles. The van der Waals surface area contributed by atoms with Crippen LogP contribution in [0.25, 0.3) is 5.69 Å². The van der Waals surface area contributed by atoms with Gasteiger partial charge < -0.3 is 9.47 Å². The largest absolute Gasteiger partial charge is 0.464 e. The third-order valence-corrected chi connectivity index (χ3v) is 2.41. The van der Waals surface area contributed by atoms with Crippen molar-refractivity contribution in [3.63, 3.8) is 0 Å². The van der Waals surface area contributed by atoms with Crippen LogP contribution in [0.4, 0.5) is 4.39 Å². The van der Waals surface area contributed by atoms with Gasteiger partial charge in [0.2, 0.25) is 0 Å². The fourth-order valence-corrected chi connectivity index (χ4v) is 1.53. The summed E-state index contributed by atoms with van der Waals surface area (Å²) in [5.41, 5.74) is 1.26. The molecule has 0 aliphatic carbocycles. The van der Waals surface area contributed by atoms with Crippen molar-refractivity contribution in [2.75, 3.05) is 13.2 Å². The number of esters is 1. The van der Waals surface area contributed by atoms with E-state index in [-0.39, 0.29) is 19.0 Å². The highest BCUT2D eigenvalue weighted by atomic mass is 19.1. The zero-order valence-corrected chi connectivity index (χ0v) is 11.0. The van der Waals surface area contributed by atoms with E-state index in [4.69, 9.17) is 9.47 Å². The van der Waals surface area contributed by atoms with Gasteiger partial charge in [0.1, 0.15) is 18.1 Å². The van der Waals surface area contributed by atoms with E-state index in [2.05, 4.69) is 10.3 Å². The van der Waals surface area contributed by atoms with Crippen LogP contribution in [-0.4, -0.2) is 34.2 Å². The van der Waals surface area contributed by atoms with E-state index in [1.54, 1.807) is 25.3 Å². The highest BCUT2D eigenvalue weighted by molar-refractivity contribution is 5.70. The molecule has 0 saturated carbocycles. The molecular formula is C13H14FN3O3. The molecule has 2 rings (SSSR count). The zero-order chi connectivity index (χ0) is 14.4. The number of benzene rings is 1. The first-order valence-electron chi connectivity index (χ1n) is 6.09. The Kier molecular flexibility index (Phi) is 4.78. The Morgan fingerprint density at radius 2 is 2.10 bits per heavy atom. The van der Waals surface area contributed by atoms with Gasteiger partial charge in [-0.2, -0.15) is 0 Å². The maximum Gasteiger partial charge on any atom is 0.332 e. The fraction of sp³-hybridized carbons (Fsp3) is 0.308. The summed E-state index contributed by atoms with van der Waals surface area (Å²) in [5, 5.41) is 7.80. The Morgan fingerprint density at radius 3 is 2.80 bits per heavy atom. The first-order valence-corrected chi connectivity index (χ1v) is 6.09. The minimum atomic E-state index is -0.418. The van der Waals surface area contributed by atoms with Crippen LogP contribution in [0, 0.1) is 5.82 Å². The Labute approximate surface area is 115 Å². The number of hydrogen-bond acceptors (Lipinski definition) is 5. The van der Waals surface area contributed by atoms with Gasteiger partial charge in [-0.1, -0.05) is 5.21 Å². The van der Waals surface area contributed by atoms with Gasteiger partial charge in [0.25, 0.3) is 0 Å². The van der Waals surface area contributed by atoms with Gasteiger partial charge in [0.15, 0.2) is 0 Å². The Morgan fingerprint density at radius 1 is 1.35 bits per heavy atom. The summed E-state index contributed by atoms with van der Waals surface area (Å²) in [4.78, 5) is 11.1. The Bertz CT molecular complexity index is 568. The van der Waals surface area contributed by atoms with Crippen molar-refractivity contribution in [2.24, 2.45) is 0 Å². The molecule has 0 atom stereocenters. The monoisotopic (exact) mass is 279 g/mol. The molecule has 106 valence electrons. The third kappa shape index (κ3) is 3.86. The molecule has 7 heteroatoms. The second-order valence-corrected chi connectivity index (χ2v) is 3.93. The lowest BCUT2D eigenvalue weighted by Crippen LogP contribution is -2.12. The lowest BCUT2D eigenvalue weighted by molar-refractivity contribution is -0.148. The molecule has 0 aliphatic heterocycles. The predicted molar refractivity (Wildman–Crippen MR) is 67.6 cm³/mol. The van der Waals surface area contributed by atoms with Gasteiger partial charge in [0, 0.05) is 0 Å². The summed E-state index contributed by atoms with van der Waals surface area (Å²) < 4.78 is 24.2. The molecule has 1 aromatic heterocycles. The van der Waals surface area contributed by atoms with Crippen LogP contribution in [0.5, 0.6) is 0 Å². The molecular weight excluding hydrogens is 265 g/mol. The number of hydrogen-bond donors (Lipinski definition) is 0. The third-order valence-electron chi connectivity index (χ3n) is 2.41. The molecule has 20 heavy (non-hydrogen) atoms. The number of halogens is 1. The summed E-state index contributed by atoms with van der Waals surface area (Å²) in [5.74, 6) is -0.731. The fourth-order valence-electron chi connectivity index (χ4n) is 1.53. The van der Waals surface area contributed by atoms with Gasteiger partial charge in [-0.25, -0.2) is 13.9 Å². The van der Waals surface area contributed by atoms with Crippen molar-refractivity contribution in [3.05, 3.63) is 42.0 Å². The predicted octanol–water partition coefficient (Wildman–Crippen LogP) is 1.49. The van der Waals surface area contributed by atoms with Crippen molar-refractivity contribution in [1.82, 2.24) is 15.0 Å². The number of rotatable bonds is 6. The molecule has 0 bridgehead atoms. The quantitative estimate of drug-likeness (QED) is 0.749. The highest BCUT2D eigenvalue weighted by Crippen LogP contribution is 2.08. The van der Waals surface area contributed by atoms with Gasteiger partial charge in [0.05, 0.1) is 25.1 Å². The van der Waals surface area contributed by atoms with E-state index in [9.17, 15) is 9.18 Å². The van der Waals surface area contributed by atoms with E-state index >= 15 is 0 Å². The number of carbonyl (C=O) groups excluding carboxylic acids is 1. The van der Waals surface area contributed by atoms with Crippen LogP contribution < -0.4 is 0 Å². The summed E-state index contributed by atoms with van der Waals surface area (Å²) in [7, 11) is 0. The normalized spacial score (nSPS) is 10.5. The molecule has 6 nitrogen and oxygen atoms in total. The topological polar surface area (TPSA) is 66.2 Å². The van der Waals surface area contributed by atoms with Crippen molar-refractivity contribution in [3.8, 4) is 5.69 Å². The van der Waals surface area contributed by atoms with Crippen molar-refractivity contribution in [1.29, 1.82) is 0 Å². The van der Waals surface area contributed by atoms with Crippen LogP contribution in [0.15, 0.2) is 30.5 Å². The van der Waals surface area contributed by atoms with E-state index < -0.39 is 5.97 Å². The molecule has 0 aliphatic rings. The molecule has 0 amide bonds. The number of carbonyl (C=O) groups is 1. The van der Waals surface area contributed by atoms with Gasteiger partial charge in [-0.05, 0) is 31.2 Å². The molecule has 0 N–H and O–H groups in total. The van der Waals surface area contributed by atoms with Gasteiger partial charge in [-0.3, -0.25) is 0 Å². The smallest absolute Gasteiger partial charge is 0.332 e. The molecule has 0 unspecified atom stereocenters. The summed E-state index contributed by atoms with van der Waals surface area (Å²) in [6.07, 6.45) is 1.65. The first kappa shape index (κ1) is 14.1. The zero-order valence-electron chi connectivity index (χ0n) is 11.0. The molecule has 1 aromatic carbocycles. The lowest BCUT2D eigenvalue weighted by Gasteiger charge is -2.01. The van der Waals surface area contributed by atoms with E-state index in [0.29, 0.717) is 18.0 Å². The van der Waals surface area contributed by atoms with Crippen molar-refractivity contribution < 1.29 is 18.7 Å². The SMILES string of the molecule is CCOC(=O)COCc1cn(-c2ccc(F)cc2)nn1. The minimum Gasteiger partial charge on any atom is -0.464 e. The Hall–Kier alpha value is -2.28. The maximum absolute atomic E-state index is 12.8. The van der Waals surface area contributed by atoms with Crippen LogP contribution >= 0.6 is 0 Å². The second-order valence-electron chi connectivity index (χ2n) is 3.93. The van der Waals surface area contributed by atoms with Crippen LogP contribution in [0.1, 0.15) is 12.6 Å². The standard InChI is InChI=1S/C13H14FN3O3/c1-2-20-13(18)9-19-8-11-7-17(16-15-11)12-5-3-10(14)4-6-12/h3-7H,2,8-9H2,1H3. The molecule has 2 aromatic rings. The second kappa shape index (κ2) is 6.76. The van der Waals surface area contributed by atoms with Crippen molar-refractivity contribution in [2.45, 2.75) is 13.5 Å². The van der Waals surface area contributed by atoms with E-state index in [1.807, 2.05) is 0 Å². The summed E-state index contributed by atoms with van der Waals surface area (Å²) in [6.45, 7) is 2.08. The maximum atomic E-state index is 12.8. The number of ether oxygens (including phenoxy) is 2. The number of aromatic nitrogens is 3. The van der Waals surface area contributed by atoms with Crippen molar-refractivity contribution >= 4 is 5.97 Å². The molecule has 0 fully saturated rings. The van der Waals surface area contributed by atoms with Gasteiger partial charge >= 0.3 is 5.97 Å². The average Bonchev–Trinajstić information content (AvgIpc) is 2.89. The van der Waals surface area contributed by atoms with Crippen LogP contribution in [0.3, 0.4) is 0 Å². The molecule has 0 radical (unpaired) electrons. The highest BCUT2D eigenvalue weighted by Gasteiger charge is 2.06. The van der Waals surface area contributed by atoms with E-state index in [0.717, 1.165) is 0 Å². The summed E-state index contributed by atoms with van der Waals surface area (Å²) in [6, 6.07) is 5.86. The van der Waals surface area contributed by atoms with Crippen LogP contribution in [0.2, 0.25) is 0 Å². The molecule has 0 saturated heterocycles. The number of nitrogens with zero attached hydrogens (tertiary/aromatic N) is 3. The lowest BCUT2D eigenvalue weighted by atomic mass is 10.3. The Balaban J connectivity index is 1.89. The van der Waals surface area contributed by atoms with Crippen LogP contribution in [-0.2, 0) is 20.9 Å². The van der Waals surface area contributed by atoms with Gasteiger partial charge in [-0.15, -0.1) is 5.10 Å². The molecule has 0 spiro atoms. The minimum absolute atomic E-state index is 0.128. The first-order chi connectivity index (χ1) is 9.69. The average molecular weight is 279 g/mol. The summed E-state index contributed by atoms with van der Waals surface area (Å²) >= 11 is 0. The van der Waals surface area contributed by atoms with E-state index in [1.165, 1.54) is 16.8 Å².